The molecule has 0 unspecified atom stereocenters. The Morgan fingerprint density at radius 3 is 2.56 bits per heavy atom. The fourth-order valence-electron chi connectivity index (χ4n) is 4.23. The number of anilines is 1. The molecule has 0 aliphatic carbocycles. The Bertz CT molecular complexity index is 1250. The average molecular weight is 483 g/mol. The SMILES string of the molecule is CCOC(=O)C1CCN(c2nc(=O)n(CC(=O)NCc3ccccc3Cl)c3ccccc23)CC1. The maximum absolute atomic E-state index is 13.0. The van der Waals surface area contributed by atoms with Crippen LogP contribution >= 0.6 is 11.6 Å². The van der Waals surface area contributed by atoms with E-state index in [2.05, 4.69) is 10.3 Å². The van der Waals surface area contributed by atoms with E-state index in [0.717, 1.165) is 10.9 Å². The van der Waals surface area contributed by atoms with Gasteiger partial charge in [-0.15, -0.1) is 0 Å². The summed E-state index contributed by atoms with van der Waals surface area (Å²) in [5.41, 5.74) is 0.946. The van der Waals surface area contributed by atoms with E-state index < -0.39 is 5.69 Å². The Kier molecular flexibility index (Phi) is 7.47. The Hall–Kier alpha value is -3.39. The first-order valence-electron chi connectivity index (χ1n) is 11.4. The number of amides is 1. The predicted molar refractivity (Wildman–Crippen MR) is 131 cm³/mol. The van der Waals surface area contributed by atoms with Gasteiger partial charge in [0.2, 0.25) is 5.91 Å². The van der Waals surface area contributed by atoms with Gasteiger partial charge in [-0.05, 0) is 43.5 Å². The van der Waals surface area contributed by atoms with Crippen molar-refractivity contribution < 1.29 is 14.3 Å². The second-order valence-corrected chi connectivity index (χ2v) is 8.61. The van der Waals surface area contributed by atoms with Crippen molar-refractivity contribution in [2.24, 2.45) is 5.92 Å². The van der Waals surface area contributed by atoms with Crippen molar-refractivity contribution in [2.45, 2.75) is 32.9 Å². The molecule has 178 valence electrons. The Labute approximate surface area is 202 Å². The van der Waals surface area contributed by atoms with E-state index in [1.54, 1.807) is 13.0 Å². The number of hydrogen-bond donors (Lipinski definition) is 1. The molecule has 0 radical (unpaired) electrons. The van der Waals surface area contributed by atoms with Gasteiger partial charge in [0.1, 0.15) is 12.4 Å². The lowest BCUT2D eigenvalue weighted by molar-refractivity contribution is -0.148. The van der Waals surface area contributed by atoms with Crippen LogP contribution in [-0.2, 0) is 27.4 Å². The fourth-order valence-corrected chi connectivity index (χ4v) is 4.43. The number of ether oxygens (including phenoxy) is 1. The normalized spacial score (nSPS) is 14.2. The second-order valence-electron chi connectivity index (χ2n) is 8.20. The van der Waals surface area contributed by atoms with Crippen LogP contribution in [0.3, 0.4) is 0 Å². The van der Waals surface area contributed by atoms with Gasteiger partial charge in [0.15, 0.2) is 0 Å². The van der Waals surface area contributed by atoms with Crippen LogP contribution in [0.5, 0.6) is 0 Å². The maximum atomic E-state index is 13.0. The van der Waals surface area contributed by atoms with Gasteiger partial charge < -0.3 is 15.0 Å². The van der Waals surface area contributed by atoms with Crippen LogP contribution in [0, 0.1) is 5.92 Å². The fraction of sp³-hybridized carbons (Fsp3) is 0.360. The molecule has 0 saturated carbocycles. The minimum absolute atomic E-state index is 0.135. The van der Waals surface area contributed by atoms with Crippen molar-refractivity contribution in [1.29, 1.82) is 0 Å². The summed E-state index contributed by atoms with van der Waals surface area (Å²) in [5.74, 6) is -0.0320. The Morgan fingerprint density at radius 2 is 1.82 bits per heavy atom. The highest BCUT2D eigenvalue weighted by molar-refractivity contribution is 6.31. The number of nitrogens with zero attached hydrogens (tertiary/aromatic N) is 3. The van der Waals surface area contributed by atoms with E-state index in [-0.39, 0.29) is 30.9 Å². The van der Waals surface area contributed by atoms with E-state index in [1.807, 2.05) is 47.4 Å². The summed E-state index contributed by atoms with van der Waals surface area (Å²) in [5, 5.41) is 4.18. The number of fused-ring (bicyclic) bond motifs is 1. The molecule has 0 spiro atoms. The quantitative estimate of drug-likeness (QED) is 0.520. The molecular weight excluding hydrogens is 456 g/mol. The number of benzene rings is 2. The van der Waals surface area contributed by atoms with Crippen LogP contribution in [0.2, 0.25) is 5.02 Å². The number of hydrogen-bond acceptors (Lipinski definition) is 6. The zero-order chi connectivity index (χ0) is 24.1. The molecule has 9 heteroatoms. The van der Waals surface area contributed by atoms with Gasteiger partial charge in [0, 0.05) is 30.0 Å². The molecule has 3 aromatic rings. The number of rotatable bonds is 7. The molecule has 1 fully saturated rings. The molecule has 2 heterocycles. The largest absolute Gasteiger partial charge is 0.466 e. The summed E-state index contributed by atoms with van der Waals surface area (Å²) in [7, 11) is 0. The number of carbonyl (C=O) groups is 2. The number of para-hydroxylation sites is 1. The minimum Gasteiger partial charge on any atom is -0.466 e. The van der Waals surface area contributed by atoms with E-state index in [1.165, 1.54) is 4.57 Å². The lowest BCUT2D eigenvalue weighted by atomic mass is 9.97. The Morgan fingerprint density at radius 1 is 1.12 bits per heavy atom. The smallest absolute Gasteiger partial charge is 0.350 e. The standard InChI is InChI=1S/C25H27ClN4O4/c1-2-34-24(32)17-11-13-29(14-12-17)23-19-8-4-6-10-21(19)30(25(33)28-23)16-22(31)27-15-18-7-3-5-9-20(18)26/h3-10,17H,2,11-16H2,1H3,(H,27,31). The number of piperidine rings is 1. The topological polar surface area (TPSA) is 93.5 Å². The zero-order valence-electron chi connectivity index (χ0n) is 19.0. The summed E-state index contributed by atoms with van der Waals surface area (Å²) in [6, 6.07) is 14.7. The van der Waals surface area contributed by atoms with E-state index in [9.17, 15) is 14.4 Å². The highest BCUT2D eigenvalue weighted by atomic mass is 35.5. The zero-order valence-corrected chi connectivity index (χ0v) is 19.8. The summed E-state index contributed by atoms with van der Waals surface area (Å²) >= 11 is 6.16. The van der Waals surface area contributed by atoms with E-state index in [4.69, 9.17) is 16.3 Å². The van der Waals surface area contributed by atoms with Gasteiger partial charge in [-0.25, -0.2) is 4.79 Å². The monoisotopic (exact) mass is 482 g/mol. The van der Waals surface area contributed by atoms with Crippen molar-refractivity contribution in [1.82, 2.24) is 14.9 Å². The van der Waals surface area contributed by atoms with Crippen molar-refractivity contribution >= 4 is 40.2 Å². The molecule has 4 rings (SSSR count). The van der Waals surface area contributed by atoms with Crippen molar-refractivity contribution in [3.05, 3.63) is 69.6 Å². The Balaban J connectivity index is 1.52. The molecule has 0 atom stereocenters. The third-order valence-electron chi connectivity index (χ3n) is 6.02. The van der Waals surface area contributed by atoms with Crippen molar-refractivity contribution in [3.8, 4) is 0 Å². The van der Waals surface area contributed by atoms with Crippen LogP contribution in [-0.4, -0.2) is 41.1 Å². The first-order valence-corrected chi connectivity index (χ1v) is 11.8. The van der Waals surface area contributed by atoms with Crippen LogP contribution in [0.15, 0.2) is 53.3 Å². The minimum atomic E-state index is -0.492. The first kappa shape index (κ1) is 23.8. The van der Waals surface area contributed by atoms with Crippen molar-refractivity contribution in [3.63, 3.8) is 0 Å². The molecule has 34 heavy (non-hydrogen) atoms. The molecule has 1 N–H and O–H groups in total. The van der Waals surface area contributed by atoms with Gasteiger partial charge in [0.25, 0.3) is 0 Å². The number of esters is 1. The summed E-state index contributed by atoms with van der Waals surface area (Å²) < 4.78 is 6.53. The third-order valence-corrected chi connectivity index (χ3v) is 6.39. The van der Waals surface area contributed by atoms with Gasteiger partial charge in [0.05, 0.1) is 18.0 Å². The molecule has 8 nitrogen and oxygen atoms in total. The van der Waals surface area contributed by atoms with Gasteiger partial charge in [-0.2, -0.15) is 4.98 Å². The summed E-state index contributed by atoms with van der Waals surface area (Å²) in [6.07, 6.45) is 1.28. The number of nitrogens with one attached hydrogen (secondary N) is 1. The van der Waals surface area contributed by atoms with Crippen LogP contribution < -0.4 is 15.9 Å². The third kappa shape index (κ3) is 5.22. The molecular formula is C25H27ClN4O4. The molecule has 0 bridgehead atoms. The molecule has 1 aliphatic heterocycles. The molecule has 1 saturated heterocycles. The van der Waals surface area contributed by atoms with Gasteiger partial charge >= 0.3 is 11.7 Å². The lowest BCUT2D eigenvalue weighted by Gasteiger charge is -2.32. The second kappa shape index (κ2) is 10.7. The predicted octanol–water partition coefficient (Wildman–Crippen LogP) is 3.15. The first-order chi connectivity index (χ1) is 16.5. The number of halogens is 1. The van der Waals surface area contributed by atoms with E-state index >= 15 is 0 Å². The average Bonchev–Trinajstić information content (AvgIpc) is 2.85. The molecule has 1 aliphatic rings. The van der Waals surface area contributed by atoms with Crippen LogP contribution in [0.25, 0.3) is 10.9 Å². The van der Waals surface area contributed by atoms with Crippen molar-refractivity contribution in [2.75, 3.05) is 24.6 Å². The van der Waals surface area contributed by atoms with E-state index in [0.29, 0.717) is 48.9 Å². The molecule has 2 aromatic carbocycles. The number of aromatic nitrogens is 2. The lowest BCUT2D eigenvalue weighted by Crippen LogP contribution is -2.39. The van der Waals surface area contributed by atoms with Gasteiger partial charge in [-0.3, -0.25) is 14.2 Å². The van der Waals surface area contributed by atoms with Crippen LogP contribution in [0.1, 0.15) is 25.3 Å². The van der Waals surface area contributed by atoms with Crippen LogP contribution in [0.4, 0.5) is 5.82 Å². The molecule has 1 aromatic heterocycles. The summed E-state index contributed by atoms with van der Waals surface area (Å²) in [4.78, 5) is 44.0. The van der Waals surface area contributed by atoms with Gasteiger partial charge in [-0.1, -0.05) is 41.9 Å². The maximum Gasteiger partial charge on any atom is 0.350 e. The highest BCUT2D eigenvalue weighted by Gasteiger charge is 2.28. The highest BCUT2D eigenvalue weighted by Crippen LogP contribution is 2.28. The summed E-state index contributed by atoms with van der Waals surface area (Å²) in [6.45, 7) is 3.49. The molecule has 1 amide bonds. The number of carbonyl (C=O) groups excluding carboxylic acids is 2.